The number of hydrogen-bond acceptors (Lipinski definition) is 2. The molecule has 0 saturated carbocycles. The van der Waals surface area contributed by atoms with Gasteiger partial charge in [0.05, 0.1) is 4.47 Å². The first kappa shape index (κ1) is 16.5. The zero-order chi connectivity index (χ0) is 16.2. The maximum atomic E-state index is 12.3. The van der Waals surface area contributed by atoms with Gasteiger partial charge in [-0.15, -0.1) is 0 Å². The monoisotopic (exact) mass is 437 g/mol. The van der Waals surface area contributed by atoms with Gasteiger partial charge in [-0.3, -0.25) is 4.79 Å². The van der Waals surface area contributed by atoms with E-state index in [9.17, 15) is 4.79 Å². The Morgan fingerprint density at radius 1 is 1.04 bits per heavy atom. The molecule has 1 amide bonds. The molecule has 120 valence electrons. The Kier molecular flexibility index (Phi) is 5.38. The lowest BCUT2D eigenvalue weighted by atomic mass is 10.1. The van der Waals surface area contributed by atoms with Crippen molar-refractivity contribution in [2.24, 2.45) is 0 Å². The summed E-state index contributed by atoms with van der Waals surface area (Å²) >= 11 is 6.90. The highest BCUT2D eigenvalue weighted by molar-refractivity contribution is 9.11. The minimum atomic E-state index is 0.130. The molecule has 1 fully saturated rings. The van der Waals surface area contributed by atoms with Crippen LogP contribution in [0, 0.1) is 0 Å². The molecule has 0 atom stereocenters. The lowest BCUT2D eigenvalue weighted by molar-refractivity contribution is 0.0793. The van der Waals surface area contributed by atoms with Gasteiger partial charge in [-0.05, 0) is 64.7 Å². The highest BCUT2D eigenvalue weighted by Crippen LogP contribution is 2.28. The van der Waals surface area contributed by atoms with Crippen LogP contribution < -0.4 is 4.74 Å². The fraction of sp³-hybridized carbons (Fsp3) is 0.278. The average Bonchev–Trinajstić information content (AvgIpc) is 3.08. The third kappa shape index (κ3) is 4.15. The van der Waals surface area contributed by atoms with E-state index in [1.54, 1.807) is 0 Å². The standard InChI is InChI=1S/C18H17Br2NO2/c19-15-7-8-17(16(20)11-15)23-12-13-3-5-14(6-4-13)18(22)21-9-1-2-10-21/h3-8,11H,1-2,9-10,12H2. The van der Waals surface area contributed by atoms with E-state index in [0.29, 0.717) is 6.61 Å². The molecular weight excluding hydrogens is 422 g/mol. The van der Waals surface area contributed by atoms with Crippen molar-refractivity contribution in [2.45, 2.75) is 19.4 Å². The van der Waals surface area contributed by atoms with E-state index < -0.39 is 0 Å². The summed E-state index contributed by atoms with van der Waals surface area (Å²) in [7, 11) is 0. The predicted octanol–water partition coefficient (Wildman–Crippen LogP) is 5.03. The lowest BCUT2D eigenvalue weighted by Gasteiger charge is -2.15. The largest absolute Gasteiger partial charge is 0.488 e. The zero-order valence-electron chi connectivity index (χ0n) is 12.6. The Morgan fingerprint density at radius 2 is 1.74 bits per heavy atom. The number of nitrogens with zero attached hydrogens (tertiary/aromatic N) is 1. The molecule has 1 saturated heterocycles. The second kappa shape index (κ2) is 7.49. The maximum absolute atomic E-state index is 12.3. The Bertz CT molecular complexity index is 695. The van der Waals surface area contributed by atoms with Crippen molar-refractivity contribution in [1.29, 1.82) is 0 Å². The number of carbonyl (C=O) groups excluding carboxylic acids is 1. The number of halogens is 2. The third-order valence-electron chi connectivity index (χ3n) is 3.88. The fourth-order valence-electron chi connectivity index (χ4n) is 2.60. The van der Waals surface area contributed by atoms with Gasteiger partial charge in [0.25, 0.3) is 5.91 Å². The van der Waals surface area contributed by atoms with E-state index in [0.717, 1.165) is 51.8 Å². The normalized spacial score (nSPS) is 14.1. The molecule has 1 aliphatic heterocycles. The molecule has 0 N–H and O–H groups in total. The van der Waals surface area contributed by atoms with Crippen LogP contribution in [0.1, 0.15) is 28.8 Å². The molecule has 23 heavy (non-hydrogen) atoms. The number of rotatable bonds is 4. The van der Waals surface area contributed by atoms with E-state index in [-0.39, 0.29) is 5.91 Å². The van der Waals surface area contributed by atoms with Gasteiger partial charge in [-0.2, -0.15) is 0 Å². The van der Waals surface area contributed by atoms with E-state index in [4.69, 9.17) is 4.74 Å². The molecular formula is C18H17Br2NO2. The van der Waals surface area contributed by atoms with Crippen LogP contribution in [-0.2, 0) is 6.61 Å². The van der Waals surface area contributed by atoms with Gasteiger partial charge in [0.2, 0.25) is 0 Å². The Hall–Kier alpha value is -1.33. The minimum absolute atomic E-state index is 0.130. The van der Waals surface area contributed by atoms with Crippen molar-refractivity contribution in [2.75, 3.05) is 13.1 Å². The van der Waals surface area contributed by atoms with Crippen LogP contribution in [0.15, 0.2) is 51.4 Å². The SMILES string of the molecule is O=C(c1ccc(COc2ccc(Br)cc2Br)cc1)N1CCCC1. The number of ether oxygens (including phenoxy) is 1. The van der Waals surface area contributed by atoms with Gasteiger partial charge in [-0.25, -0.2) is 0 Å². The molecule has 0 unspecified atom stereocenters. The third-order valence-corrected chi connectivity index (χ3v) is 5.00. The number of amides is 1. The van der Waals surface area contributed by atoms with Gasteiger partial charge < -0.3 is 9.64 Å². The van der Waals surface area contributed by atoms with Gasteiger partial charge in [-0.1, -0.05) is 28.1 Å². The average molecular weight is 439 g/mol. The lowest BCUT2D eigenvalue weighted by Crippen LogP contribution is -2.27. The maximum Gasteiger partial charge on any atom is 0.253 e. The second-order valence-corrected chi connectivity index (χ2v) is 7.33. The van der Waals surface area contributed by atoms with Crippen LogP contribution in [0.4, 0.5) is 0 Å². The van der Waals surface area contributed by atoms with Crippen LogP contribution in [0.25, 0.3) is 0 Å². The van der Waals surface area contributed by atoms with Crippen molar-refractivity contribution >= 4 is 37.8 Å². The summed E-state index contributed by atoms with van der Waals surface area (Å²) in [6.07, 6.45) is 2.22. The Morgan fingerprint density at radius 3 is 2.39 bits per heavy atom. The summed E-state index contributed by atoms with van der Waals surface area (Å²) in [6, 6.07) is 13.5. The predicted molar refractivity (Wildman–Crippen MR) is 97.8 cm³/mol. The molecule has 1 aliphatic rings. The summed E-state index contributed by atoms with van der Waals surface area (Å²) in [5.41, 5.74) is 1.79. The smallest absolute Gasteiger partial charge is 0.253 e. The van der Waals surface area contributed by atoms with E-state index >= 15 is 0 Å². The van der Waals surface area contributed by atoms with Crippen molar-refractivity contribution in [3.05, 3.63) is 62.5 Å². The van der Waals surface area contributed by atoms with Crippen LogP contribution in [-0.4, -0.2) is 23.9 Å². The first-order valence-electron chi connectivity index (χ1n) is 7.59. The molecule has 3 rings (SSSR count). The number of hydrogen-bond donors (Lipinski definition) is 0. The molecule has 3 nitrogen and oxygen atoms in total. The number of likely N-dealkylation sites (tertiary alicyclic amines) is 1. The van der Waals surface area contributed by atoms with Crippen molar-refractivity contribution < 1.29 is 9.53 Å². The molecule has 2 aromatic carbocycles. The molecule has 5 heteroatoms. The Labute approximate surface area is 152 Å². The van der Waals surface area contributed by atoms with E-state index in [1.807, 2.05) is 47.4 Å². The number of benzene rings is 2. The van der Waals surface area contributed by atoms with Gasteiger partial charge in [0.1, 0.15) is 12.4 Å². The topological polar surface area (TPSA) is 29.5 Å². The summed E-state index contributed by atoms with van der Waals surface area (Å²) in [4.78, 5) is 14.2. The van der Waals surface area contributed by atoms with Gasteiger partial charge in [0.15, 0.2) is 0 Å². The quantitative estimate of drug-likeness (QED) is 0.670. The minimum Gasteiger partial charge on any atom is -0.488 e. The number of carbonyl (C=O) groups is 1. The molecule has 1 heterocycles. The molecule has 0 aromatic heterocycles. The summed E-state index contributed by atoms with van der Waals surface area (Å²) in [5.74, 6) is 0.927. The van der Waals surface area contributed by atoms with Crippen molar-refractivity contribution in [1.82, 2.24) is 4.90 Å². The van der Waals surface area contributed by atoms with Crippen molar-refractivity contribution in [3.63, 3.8) is 0 Å². The fourth-order valence-corrected chi connectivity index (χ4v) is 3.76. The highest BCUT2D eigenvalue weighted by Gasteiger charge is 2.19. The van der Waals surface area contributed by atoms with Crippen LogP contribution in [0.3, 0.4) is 0 Å². The van der Waals surface area contributed by atoms with Gasteiger partial charge in [0, 0.05) is 23.1 Å². The highest BCUT2D eigenvalue weighted by atomic mass is 79.9. The van der Waals surface area contributed by atoms with Gasteiger partial charge >= 0.3 is 0 Å². The molecule has 2 aromatic rings. The zero-order valence-corrected chi connectivity index (χ0v) is 15.8. The van der Waals surface area contributed by atoms with Crippen molar-refractivity contribution in [3.8, 4) is 5.75 Å². The molecule has 0 radical (unpaired) electrons. The summed E-state index contributed by atoms with van der Waals surface area (Å²) in [6.45, 7) is 2.22. The second-order valence-electron chi connectivity index (χ2n) is 5.56. The van der Waals surface area contributed by atoms with Crippen LogP contribution >= 0.6 is 31.9 Å². The molecule has 0 bridgehead atoms. The summed E-state index contributed by atoms with van der Waals surface area (Å²) < 4.78 is 7.73. The van der Waals surface area contributed by atoms with E-state index in [2.05, 4.69) is 31.9 Å². The first-order valence-corrected chi connectivity index (χ1v) is 9.18. The Balaban J connectivity index is 1.62. The summed E-state index contributed by atoms with van der Waals surface area (Å²) in [5, 5.41) is 0. The van der Waals surface area contributed by atoms with E-state index in [1.165, 1.54) is 0 Å². The molecule has 0 aliphatic carbocycles. The first-order chi connectivity index (χ1) is 11.1. The van der Waals surface area contributed by atoms with Crippen LogP contribution in [0.2, 0.25) is 0 Å². The van der Waals surface area contributed by atoms with Crippen LogP contribution in [0.5, 0.6) is 5.75 Å². The molecule has 0 spiro atoms.